The molecule has 3 aromatic rings. The van der Waals surface area contributed by atoms with Crippen molar-refractivity contribution < 1.29 is 35.8 Å². The van der Waals surface area contributed by atoms with E-state index in [1.54, 1.807) is 42.6 Å². The smallest absolute Gasteiger partial charge is 0.242 e. The van der Waals surface area contributed by atoms with Crippen LogP contribution in [0.5, 0.6) is 23.1 Å². The minimum absolute atomic E-state index is 0.0635. The van der Waals surface area contributed by atoms with Gasteiger partial charge in [0.25, 0.3) is 0 Å². The highest BCUT2D eigenvalue weighted by Crippen LogP contribution is 2.41. The summed E-state index contributed by atoms with van der Waals surface area (Å²) in [7, 11) is -6.71. The molecule has 12 heteroatoms. The van der Waals surface area contributed by atoms with Gasteiger partial charge in [-0.1, -0.05) is 24.3 Å². The number of carbonyl (C=O) groups is 1. The molecule has 39 heavy (non-hydrogen) atoms. The predicted octanol–water partition coefficient (Wildman–Crippen LogP) is 3.64. The van der Waals surface area contributed by atoms with Crippen molar-refractivity contribution in [3.8, 4) is 23.1 Å². The fourth-order valence-electron chi connectivity index (χ4n) is 4.71. The lowest BCUT2D eigenvalue weighted by Gasteiger charge is -2.17. The first kappa shape index (κ1) is 26.9. The third kappa shape index (κ3) is 6.51. The van der Waals surface area contributed by atoms with E-state index >= 15 is 0 Å². The van der Waals surface area contributed by atoms with E-state index in [-0.39, 0.29) is 24.9 Å². The van der Waals surface area contributed by atoms with Crippen LogP contribution in [0, 0.1) is 0 Å². The van der Waals surface area contributed by atoms with E-state index in [0.29, 0.717) is 35.1 Å². The van der Waals surface area contributed by atoms with Crippen LogP contribution in [-0.2, 0) is 31.1 Å². The molecule has 2 aliphatic rings. The van der Waals surface area contributed by atoms with Gasteiger partial charge in [0.15, 0.2) is 0 Å². The molecule has 1 aliphatic carbocycles. The molecule has 206 valence electrons. The van der Waals surface area contributed by atoms with Crippen molar-refractivity contribution in [2.45, 2.75) is 37.0 Å². The second kappa shape index (κ2) is 10.9. The molecule has 0 saturated carbocycles. The Morgan fingerprint density at radius 2 is 1.82 bits per heavy atom. The molecular weight excluding hydrogens is 544 g/mol. The number of pyridine rings is 1. The highest BCUT2D eigenvalue weighted by molar-refractivity contribution is 7.91. The molecule has 2 heterocycles. The number of ether oxygens (including phenoxy) is 3. The fraction of sp³-hybridized carbons (Fsp3) is 0.333. The molecule has 5 rings (SSSR count). The van der Waals surface area contributed by atoms with Gasteiger partial charge in [-0.25, -0.2) is 21.8 Å². The predicted molar refractivity (Wildman–Crippen MR) is 143 cm³/mol. The Morgan fingerprint density at radius 3 is 2.49 bits per heavy atom. The van der Waals surface area contributed by atoms with E-state index in [9.17, 15) is 21.6 Å². The van der Waals surface area contributed by atoms with Crippen LogP contribution in [0.15, 0.2) is 60.8 Å². The Balaban J connectivity index is 1.21. The third-order valence-electron chi connectivity index (χ3n) is 6.55. The number of rotatable bonds is 10. The Labute approximate surface area is 227 Å². The maximum atomic E-state index is 12.1. The summed E-state index contributed by atoms with van der Waals surface area (Å²) in [6, 6.07) is 16.0. The van der Waals surface area contributed by atoms with E-state index in [4.69, 9.17) is 14.2 Å². The number of hydrogen-bond donors (Lipinski definition) is 1. The average Bonchev–Trinajstić information content (AvgIpc) is 3.42. The van der Waals surface area contributed by atoms with Gasteiger partial charge >= 0.3 is 0 Å². The van der Waals surface area contributed by atoms with Gasteiger partial charge in [-0.05, 0) is 54.7 Å². The molecule has 1 aliphatic heterocycles. The van der Waals surface area contributed by atoms with E-state index in [2.05, 4.69) is 4.98 Å². The normalized spacial score (nSPS) is 19.8. The van der Waals surface area contributed by atoms with Crippen molar-refractivity contribution in [1.82, 2.24) is 9.71 Å². The number of sulfone groups is 1. The molecular formula is C27H28N2O8S2. The lowest BCUT2D eigenvalue weighted by atomic mass is 10.1. The standard InChI is InChI=1S/C27H28N2O8S2/c1-38(31,32)15-3-14-35-27-13-10-20(17-28-27)37-23-5-2-4-21-22(23)11-12-24(21)36-19-8-6-18(7-9-19)25-16-26(30)29-39(25,33)34/h2,4-10,13,17,24-25H,3,11-12,14-16H2,1H3,(H,29,30)/t24-,25?/m1/s1. The largest absolute Gasteiger partial charge is 0.486 e. The molecule has 1 amide bonds. The van der Waals surface area contributed by atoms with Crippen LogP contribution in [0.3, 0.4) is 0 Å². The number of benzene rings is 2. The highest BCUT2D eigenvalue weighted by Gasteiger charge is 2.37. The van der Waals surface area contributed by atoms with Crippen molar-refractivity contribution in [2.75, 3.05) is 18.6 Å². The van der Waals surface area contributed by atoms with Gasteiger partial charge in [0.1, 0.15) is 38.4 Å². The number of fused-ring (bicyclic) bond motifs is 1. The van der Waals surface area contributed by atoms with Gasteiger partial charge < -0.3 is 14.2 Å². The molecule has 2 aromatic carbocycles. The molecule has 0 spiro atoms. The van der Waals surface area contributed by atoms with Crippen molar-refractivity contribution in [1.29, 1.82) is 0 Å². The zero-order valence-corrected chi connectivity index (χ0v) is 22.8. The molecule has 1 aromatic heterocycles. The Morgan fingerprint density at radius 1 is 1.05 bits per heavy atom. The zero-order chi connectivity index (χ0) is 27.6. The number of sulfonamides is 1. The topological polar surface area (TPSA) is 138 Å². The summed E-state index contributed by atoms with van der Waals surface area (Å²) in [6.07, 6.45) is 4.39. The average molecular weight is 573 g/mol. The van der Waals surface area contributed by atoms with E-state index < -0.39 is 31.0 Å². The maximum Gasteiger partial charge on any atom is 0.242 e. The number of hydrogen-bond acceptors (Lipinski definition) is 9. The van der Waals surface area contributed by atoms with Crippen molar-refractivity contribution >= 4 is 25.8 Å². The summed E-state index contributed by atoms with van der Waals surface area (Å²) in [6.45, 7) is 0.257. The summed E-state index contributed by atoms with van der Waals surface area (Å²) >= 11 is 0. The molecule has 1 fully saturated rings. The second-order valence-electron chi connectivity index (χ2n) is 9.57. The van der Waals surface area contributed by atoms with Gasteiger partial charge in [0, 0.05) is 17.9 Å². The summed E-state index contributed by atoms with van der Waals surface area (Å²) in [4.78, 5) is 15.8. The molecule has 10 nitrogen and oxygen atoms in total. The summed E-state index contributed by atoms with van der Waals surface area (Å²) < 4.78 is 66.6. The van der Waals surface area contributed by atoms with Crippen molar-refractivity contribution in [2.24, 2.45) is 0 Å². The lowest BCUT2D eigenvalue weighted by molar-refractivity contribution is -0.118. The first-order valence-corrected chi connectivity index (χ1v) is 16.1. The van der Waals surface area contributed by atoms with Crippen molar-refractivity contribution in [3.63, 3.8) is 0 Å². The SMILES string of the molecule is CS(=O)(=O)CCCOc1ccc(Oc2cccc3c2CC[C@H]3Oc2ccc(C3CC(=O)NS3(=O)=O)cc2)cn1. The zero-order valence-electron chi connectivity index (χ0n) is 21.2. The first-order valence-electron chi connectivity index (χ1n) is 12.4. The summed E-state index contributed by atoms with van der Waals surface area (Å²) in [5, 5.41) is -0.888. The third-order valence-corrected chi connectivity index (χ3v) is 9.28. The minimum atomic E-state index is -3.69. The van der Waals surface area contributed by atoms with Gasteiger partial charge in [0.2, 0.25) is 21.8 Å². The molecule has 1 saturated heterocycles. The number of amides is 1. The van der Waals surface area contributed by atoms with Crippen LogP contribution < -0.4 is 18.9 Å². The number of carbonyl (C=O) groups excluding carboxylic acids is 1. The quantitative estimate of drug-likeness (QED) is 0.361. The van der Waals surface area contributed by atoms with Crippen LogP contribution in [-0.4, -0.2) is 46.3 Å². The monoisotopic (exact) mass is 572 g/mol. The molecule has 0 bridgehead atoms. The lowest BCUT2D eigenvalue weighted by Crippen LogP contribution is -2.21. The van der Waals surface area contributed by atoms with Crippen LogP contribution in [0.25, 0.3) is 0 Å². The second-order valence-corrected chi connectivity index (χ2v) is 13.7. The van der Waals surface area contributed by atoms with Gasteiger partial charge in [-0.3, -0.25) is 9.52 Å². The molecule has 2 atom stereocenters. The number of nitrogens with zero attached hydrogens (tertiary/aromatic N) is 1. The Hall–Kier alpha value is -3.64. The van der Waals surface area contributed by atoms with Crippen LogP contribution in [0.4, 0.5) is 0 Å². The van der Waals surface area contributed by atoms with Crippen molar-refractivity contribution in [3.05, 3.63) is 77.5 Å². The Bertz CT molecular complexity index is 1570. The minimum Gasteiger partial charge on any atom is -0.486 e. The molecule has 1 N–H and O–H groups in total. The molecule has 1 unspecified atom stereocenters. The summed E-state index contributed by atoms with van der Waals surface area (Å²) in [5.74, 6) is 1.82. The fourth-order valence-corrected chi connectivity index (χ4v) is 6.78. The summed E-state index contributed by atoms with van der Waals surface area (Å²) in [5.41, 5.74) is 2.60. The number of nitrogens with one attached hydrogen (secondary N) is 1. The van der Waals surface area contributed by atoms with Crippen LogP contribution >= 0.6 is 0 Å². The van der Waals surface area contributed by atoms with E-state index in [1.807, 2.05) is 22.9 Å². The van der Waals surface area contributed by atoms with Gasteiger partial charge in [-0.15, -0.1) is 0 Å². The first-order chi connectivity index (χ1) is 18.6. The Kier molecular flexibility index (Phi) is 7.50. The molecule has 0 radical (unpaired) electrons. The van der Waals surface area contributed by atoms with Gasteiger partial charge in [-0.2, -0.15) is 0 Å². The van der Waals surface area contributed by atoms with Crippen LogP contribution in [0.1, 0.15) is 47.3 Å². The highest BCUT2D eigenvalue weighted by atomic mass is 32.2. The van der Waals surface area contributed by atoms with Gasteiger partial charge in [0.05, 0.1) is 25.0 Å². The van der Waals surface area contributed by atoms with Crippen LogP contribution in [0.2, 0.25) is 0 Å². The van der Waals surface area contributed by atoms with E-state index in [1.165, 1.54) is 6.26 Å². The van der Waals surface area contributed by atoms with E-state index in [0.717, 1.165) is 24.0 Å². The number of aromatic nitrogens is 1. The maximum absolute atomic E-state index is 12.1.